The quantitative estimate of drug-likeness (QED) is 0.623. The van der Waals surface area contributed by atoms with Gasteiger partial charge in [0.2, 0.25) is 0 Å². The molecule has 128 valence electrons. The van der Waals surface area contributed by atoms with Crippen molar-refractivity contribution in [2.75, 3.05) is 18.0 Å². The Morgan fingerprint density at radius 1 is 1.00 bits per heavy atom. The first kappa shape index (κ1) is 17.0. The lowest BCUT2D eigenvalue weighted by Crippen LogP contribution is -2.31. The van der Waals surface area contributed by atoms with Crippen molar-refractivity contribution in [3.63, 3.8) is 0 Å². The average molecular weight is 353 g/mol. The highest BCUT2D eigenvalue weighted by Gasteiger charge is 2.26. The number of hydrogen-bond acceptors (Lipinski definition) is 3. The Bertz CT molecular complexity index is 1010. The Balaban J connectivity index is 2.14. The van der Waals surface area contributed by atoms with Crippen LogP contribution in [0.2, 0.25) is 0 Å². The highest BCUT2D eigenvalue weighted by Crippen LogP contribution is 2.32. The SMILES string of the molecule is C=CCN(c1ccccc1OC)S(=O)(=O)c1ccc2ccccc2c1. The summed E-state index contributed by atoms with van der Waals surface area (Å²) in [6.45, 7) is 3.84. The Kier molecular flexibility index (Phi) is 4.76. The predicted molar refractivity (Wildman–Crippen MR) is 102 cm³/mol. The monoisotopic (exact) mass is 353 g/mol. The van der Waals surface area contributed by atoms with Crippen molar-refractivity contribution in [1.29, 1.82) is 0 Å². The van der Waals surface area contributed by atoms with Crippen molar-refractivity contribution >= 4 is 26.5 Å². The zero-order valence-corrected chi connectivity index (χ0v) is 14.7. The Morgan fingerprint density at radius 2 is 1.68 bits per heavy atom. The van der Waals surface area contributed by atoms with Crippen LogP contribution < -0.4 is 9.04 Å². The third kappa shape index (κ3) is 3.23. The van der Waals surface area contributed by atoms with Gasteiger partial charge < -0.3 is 4.74 Å². The molecule has 0 aliphatic heterocycles. The van der Waals surface area contributed by atoms with Crippen LogP contribution >= 0.6 is 0 Å². The lowest BCUT2D eigenvalue weighted by Gasteiger charge is -2.25. The van der Waals surface area contributed by atoms with Gasteiger partial charge >= 0.3 is 0 Å². The lowest BCUT2D eigenvalue weighted by molar-refractivity contribution is 0.415. The predicted octanol–water partition coefficient (Wildman–Crippen LogP) is 4.23. The van der Waals surface area contributed by atoms with Gasteiger partial charge in [-0.05, 0) is 35.0 Å². The molecule has 3 aromatic rings. The largest absolute Gasteiger partial charge is 0.495 e. The van der Waals surface area contributed by atoms with E-state index in [0.717, 1.165) is 10.8 Å². The average Bonchev–Trinajstić information content (AvgIpc) is 2.65. The number of nitrogens with zero attached hydrogens (tertiary/aromatic N) is 1. The van der Waals surface area contributed by atoms with E-state index < -0.39 is 10.0 Å². The maximum atomic E-state index is 13.3. The van der Waals surface area contributed by atoms with Gasteiger partial charge in [0.15, 0.2) is 0 Å². The highest BCUT2D eigenvalue weighted by molar-refractivity contribution is 7.92. The Labute approximate surface area is 148 Å². The number of hydrogen-bond donors (Lipinski definition) is 0. The second-order valence-electron chi connectivity index (χ2n) is 5.51. The van der Waals surface area contributed by atoms with Crippen molar-refractivity contribution in [3.8, 4) is 5.75 Å². The lowest BCUT2D eigenvalue weighted by atomic mass is 10.1. The van der Waals surface area contributed by atoms with E-state index in [0.29, 0.717) is 11.4 Å². The molecule has 0 aliphatic carbocycles. The van der Waals surface area contributed by atoms with Crippen molar-refractivity contribution in [2.24, 2.45) is 0 Å². The molecule has 0 radical (unpaired) electrons. The van der Waals surface area contributed by atoms with E-state index in [1.165, 1.54) is 11.4 Å². The summed E-state index contributed by atoms with van der Waals surface area (Å²) < 4.78 is 33.2. The fourth-order valence-corrected chi connectivity index (χ4v) is 4.22. The fourth-order valence-electron chi connectivity index (χ4n) is 2.73. The first-order valence-corrected chi connectivity index (χ1v) is 9.27. The van der Waals surface area contributed by atoms with E-state index in [2.05, 4.69) is 6.58 Å². The molecule has 0 amide bonds. The number of benzene rings is 3. The molecule has 0 aliphatic rings. The highest BCUT2D eigenvalue weighted by atomic mass is 32.2. The van der Waals surface area contributed by atoms with Crippen LogP contribution in [0.4, 0.5) is 5.69 Å². The molecule has 3 aromatic carbocycles. The standard InChI is InChI=1S/C20H19NO3S/c1-3-14-21(19-10-6-7-11-20(19)24-2)25(22,23)18-13-12-16-8-4-5-9-17(16)15-18/h3-13,15H,1,14H2,2H3. The maximum absolute atomic E-state index is 13.3. The van der Waals surface area contributed by atoms with Crippen LogP contribution in [0.25, 0.3) is 10.8 Å². The third-order valence-corrected chi connectivity index (χ3v) is 5.73. The molecular formula is C20H19NO3S. The van der Waals surface area contributed by atoms with Gasteiger partial charge in [0.25, 0.3) is 10.0 Å². The molecule has 0 heterocycles. The maximum Gasteiger partial charge on any atom is 0.264 e. The molecule has 0 unspecified atom stereocenters. The molecule has 3 rings (SSSR count). The Hall–Kier alpha value is -2.79. The van der Waals surface area contributed by atoms with Crippen molar-refractivity contribution in [1.82, 2.24) is 0 Å². The molecule has 4 nitrogen and oxygen atoms in total. The van der Waals surface area contributed by atoms with Crippen molar-refractivity contribution in [2.45, 2.75) is 4.90 Å². The van der Waals surface area contributed by atoms with Crippen LogP contribution in [-0.2, 0) is 10.0 Å². The zero-order chi connectivity index (χ0) is 17.9. The summed E-state index contributed by atoms with van der Waals surface area (Å²) in [4.78, 5) is 0.235. The van der Waals surface area contributed by atoms with E-state index in [4.69, 9.17) is 4.74 Å². The van der Waals surface area contributed by atoms with Gasteiger partial charge in [-0.15, -0.1) is 6.58 Å². The normalized spacial score (nSPS) is 11.2. The van der Waals surface area contributed by atoms with Crippen LogP contribution in [0.1, 0.15) is 0 Å². The number of rotatable bonds is 6. The minimum atomic E-state index is -3.76. The minimum Gasteiger partial charge on any atom is -0.495 e. The molecule has 0 bridgehead atoms. The summed E-state index contributed by atoms with van der Waals surface area (Å²) in [5, 5.41) is 1.87. The molecule has 0 saturated heterocycles. The number of ether oxygens (including phenoxy) is 1. The molecule has 0 aromatic heterocycles. The van der Waals surface area contributed by atoms with E-state index in [-0.39, 0.29) is 11.4 Å². The van der Waals surface area contributed by atoms with Gasteiger partial charge in [-0.3, -0.25) is 4.31 Å². The first-order chi connectivity index (χ1) is 12.1. The third-order valence-electron chi connectivity index (χ3n) is 3.96. The van der Waals surface area contributed by atoms with Gasteiger partial charge in [-0.1, -0.05) is 48.5 Å². The molecule has 0 atom stereocenters. The number of anilines is 1. The smallest absolute Gasteiger partial charge is 0.264 e. The number of sulfonamides is 1. The van der Waals surface area contributed by atoms with E-state index in [1.807, 2.05) is 30.3 Å². The molecular weight excluding hydrogens is 334 g/mol. The van der Waals surface area contributed by atoms with Crippen molar-refractivity contribution < 1.29 is 13.2 Å². The van der Waals surface area contributed by atoms with E-state index in [9.17, 15) is 8.42 Å². The second kappa shape index (κ2) is 6.99. The van der Waals surface area contributed by atoms with Crippen LogP contribution in [0.15, 0.2) is 84.3 Å². The van der Waals surface area contributed by atoms with Crippen molar-refractivity contribution in [3.05, 3.63) is 79.4 Å². The Morgan fingerprint density at radius 3 is 2.40 bits per heavy atom. The fraction of sp³-hybridized carbons (Fsp3) is 0.100. The number of para-hydroxylation sites is 2. The van der Waals surface area contributed by atoms with Crippen LogP contribution in [0.5, 0.6) is 5.75 Å². The summed E-state index contributed by atoms with van der Waals surface area (Å²) in [5.41, 5.74) is 0.484. The molecule has 0 saturated carbocycles. The van der Waals surface area contributed by atoms with Crippen LogP contribution in [0, 0.1) is 0 Å². The van der Waals surface area contributed by atoms with E-state index >= 15 is 0 Å². The summed E-state index contributed by atoms with van der Waals surface area (Å²) in [6, 6.07) is 19.8. The second-order valence-corrected chi connectivity index (χ2v) is 7.37. The topological polar surface area (TPSA) is 46.6 Å². The summed E-state index contributed by atoms with van der Waals surface area (Å²) in [7, 11) is -2.24. The molecule has 0 spiro atoms. The molecule has 0 fully saturated rings. The summed E-state index contributed by atoms with van der Waals surface area (Å²) in [5.74, 6) is 0.494. The number of methoxy groups -OCH3 is 1. The van der Waals surface area contributed by atoms with Gasteiger partial charge in [-0.2, -0.15) is 0 Å². The van der Waals surface area contributed by atoms with Gasteiger partial charge in [0.1, 0.15) is 5.75 Å². The summed E-state index contributed by atoms with van der Waals surface area (Å²) >= 11 is 0. The van der Waals surface area contributed by atoms with Crippen LogP contribution in [-0.4, -0.2) is 22.1 Å². The molecule has 25 heavy (non-hydrogen) atoms. The summed E-state index contributed by atoms with van der Waals surface area (Å²) in [6.07, 6.45) is 1.56. The van der Waals surface area contributed by atoms with E-state index in [1.54, 1.807) is 42.5 Å². The van der Waals surface area contributed by atoms with Gasteiger partial charge in [-0.25, -0.2) is 8.42 Å². The zero-order valence-electron chi connectivity index (χ0n) is 13.9. The first-order valence-electron chi connectivity index (χ1n) is 7.83. The minimum absolute atomic E-state index is 0.148. The number of fused-ring (bicyclic) bond motifs is 1. The van der Waals surface area contributed by atoms with Gasteiger partial charge in [0, 0.05) is 0 Å². The molecule has 5 heteroatoms. The van der Waals surface area contributed by atoms with Crippen LogP contribution in [0.3, 0.4) is 0 Å². The van der Waals surface area contributed by atoms with Gasteiger partial charge in [0.05, 0.1) is 24.2 Å². The molecule has 0 N–H and O–H groups in total.